The second kappa shape index (κ2) is 6.20. The normalized spacial score (nSPS) is 10.5. The third-order valence-corrected chi connectivity index (χ3v) is 2.89. The number of amides is 1. The average molecular weight is 252 g/mol. The van der Waals surface area contributed by atoms with E-state index in [0.717, 1.165) is 21.8 Å². The molecule has 0 unspecified atom stereocenters. The standard InChI is InChI=1S/C12H16N2O2S/c1-5-6-8(2)7-16-12(15)13-11-9(3)14-17-10(11)4/h5-6H,2,7H2,1,3-4H3,(H,13,15). The molecule has 1 aromatic heterocycles. The van der Waals surface area contributed by atoms with Gasteiger partial charge in [0.25, 0.3) is 0 Å². The molecule has 0 aliphatic carbocycles. The molecule has 0 aliphatic rings. The Labute approximate surface area is 105 Å². The van der Waals surface area contributed by atoms with Crippen molar-refractivity contribution in [1.29, 1.82) is 0 Å². The Bertz CT molecular complexity index is 430. The summed E-state index contributed by atoms with van der Waals surface area (Å²) in [5, 5.41) is 2.68. The van der Waals surface area contributed by atoms with E-state index < -0.39 is 6.09 Å². The summed E-state index contributed by atoms with van der Waals surface area (Å²) < 4.78 is 9.15. The van der Waals surface area contributed by atoms with Gasteiger partial charge in [-0.3, -0.25) is 5.32 Å². The zero-order chi connectivity index (χ0) is 12.8. The van der Waals surface area contributed by atoms with Gasteiger partial charge in [-0.15, -0.1) is 0 Å². The summed E-state index contributed by atoms with van der Waals surface area (Å²) in [6.45, 7) is 9.56. The first-order chi connectivity index (χ1) is 8.04. The highest BCUT2D eigenvalue weighted by atomic mass is 32.1. The average Bonchev–Trinajstić information content (AvgIpc) is 2.58. The maximum Gasteiger partial charge on any atom is 0.412 e. The van der Waals surface area contributed by atoms with Gasteiger partial charge in [-0.1, -0.05) is 18.7 Å². The minimum absolute atomic E-state index is 0.186. The minimum Gasteiger partial charge on any atom is -0.444 e. The topological polar surface area (TPSA) is 51.2 Å². The molecule has 0 saturated carbocycles. The number of nitrogens with one attached hydrogen (secondary N) is 1. The van der Waals surface area contributed by atoms with E-state index in [2.05, 4.69) is 16.3 Å². The lowest BCUT2D eigenvalue weighted by Gasteiger charge is -2.06. The zero-order valence-electron chi connectivity index (χ0n) is 10.2. The summed E-state index contributed by atoms with van der Waals surface area (Å²) in [5.74, 6) is 0. The van der Waals surface area contributed by atoms with Crippen molar-refractivity contribution in [3.8, 4) is 0 Å². The fourth-order valence-electron chi connectivity index (χ4n) is 1.24. The lowest BCUT2D eigenvalue weighted by molar-refractivity contribution is 0.172. The van der Waals surface area contributed by atoms with Gasteiger partial charge in [0.2, 0.25) is 0 Å². The number of anilines is 1. The summed E-state index contributed by atoms with van der Waals surface area (Å²) in [6.07, 6.45) is 3.17. The van der Waals surface area contributed by atoms with Crippen molar-refractivity contribution in [2.75, 3.05) is 11.9 Å². The van der Waals surface area contributed by atoms with Gasteiger partial charge in [0.1, 0.15) is 6.61 Å². The summed E-state index contributed by atoms with van der Waals surface area (Å²) >= 11 is 1.36. The van der Waals surface area contributed by atoms with Crippen LogP contribution in [0.4, 0.5) is 10.5 Å². The number of ether oxygens (including phenoxy) is 1. The van der Waals surface area contributed by atoms with E-state index >= 15 is 0 Å². The third kappa shape index (κ3) is 4.03. The third-order valence-electron chi connectivity index (χ3n) is 2.05. The van der Waals surface area contributed by atoms with Crippen molar-refractivity contribution in [1.82, 2.24) is 4.37 Å². The Morgan fingerprint density at radius 1 is 1.59 bits per heavy atom. The van der Waals surface area contributed by atoms with Gasteiger partial charge < -0.3 is 4.74 Å². The smallest absolute Gasteiger partial charge is 0.412 e. The molecule has 1 rings (SSSR count). The van der Waals surface area contributed by atoms with Crippen molar-refractivity contribution in [2.24, 2.45) is 0 Å². The van der Waals surface area contributed by atoms with Gasteiger partial charge in [0, 0.05) is 4.88 Å². The van der Waals surface area contributed by atoms with Crippen LogP contribution in [0.25, 0.3) is 0 Å². The first kappa shape index (κ1) is 13.4. The van der Waals surface area contributed by atoms with Crippen LogP contribution >= 0.6 is 11.5 Å². The van der Waals surface area contributed by atoms with E-state index in [4.69, 9.17) is 4.74 Å². The van der Waals surface area contributed by atoms with E-state index in [1.54, 1.807) is 6.08 Å². The number of rotatable bonds is 4. The Hall–Kier alpha value is -1.62. The number of aromatic nitrogens is 1. The molecule has 0 fully saturated rings. The van der Waals surface area contributed by atoms with E-state index in [0.29, 0.717) is 0 Å². The maximum absolute atomic E-state index is 11.5. The monoisotopic (exact) mass is 252 g/mol. The predicted octanol–water partition coefficient (Wildman–Crippen LogP) is 3.44. The molecule has 0 bridgehead atoms. The molecule has 0 aromatic carbocycles. The van der Waals surface area contributed by atoms with Gasteiger partial charge in [0.15, 0.2) is 0 Å². The van der Waals surface area contributed by atoms with Crippen molar-refractivity contribution in [3.63, 3.8) is 0 Å². The summed E-state index contributed by atoms with van der Waals surface area (Å²) in [4.78, 5) is 12.5. The van der Waals surface area contributed by atoms with Crippen LogP contribution in [0, 0.1) is 13.8 Å². The van der Waals surface area contributed by atoms with Crippen molar-refractivity contribution < 1.29 is 9.53 Å². The highest BCUT2D eigenvalue weighted by molar-refractivity contribution is 7.06. The molecule has 0 saturated heterocycles. The van der Waals surface area contributed by atoms with Gasteiger partial charge in [-0.25, -0.2) is 4.79 Å². The van der Waals surface area contributed by atoms with Crippen LogP contribution in [0.5, 0.6) is 0 Å². The molecule has 0 atom stereocenters. The molecular formula is C12H16N2O2S. The van der Waals surface area contributed by atoms with Crippen LogP contribution in [-0.2, 0) is 4.74 Å². The zero-order valence-corrected chi connectivity index (χ0v) is 11.1. The number of carbonyl (C=O) groups is 1. The van der Waals surface area contributed by atoms with Crippen molar-refractivity contribution >= 4 is 23.3 Å². The molecule has 17 heavy (non-hydrogen) atoms. The van der Waals surface area contributed by atoms with Crippen LogP contribution < -0.4 is 5.32 Å². The lowest BCUT2D eigenvalue weighted by atomic mass is 10.3. The molecule has 5 heteroatoms. The minimum atomic E-state index is -0.484. The van der Waals surface area contributed by atoms with Gasteiger partial charge in [-0.2, -0.15) is 4.37 Å². The quantitative estimate of drug-likeness (QED) is 0.835. The fourth-order valence-corrected chi connectivity index (χ4v) is 1.90. The molecule has 0 aliphatic heterocycles. The Balaban J connectivity index is 2.48. The predicted molar refractivity (Wildman–Crippen MR) is 70.5 cm³/mol. The number of allylic oxidation sites excluding steroid dienone is 1. The summed E-state index contributed by atoms with van der Waals surface area (Å²) in [6, 6.07) is 0. The van der Waals surface area contributed by atoms with Crippen molar-refractivity contribution in [2.45, 2.75) is 20.8 Å². The summed E-state index contributed by atoms with van der Waals surface area (Å²) in [7, 11) is 0. The number of hydrogen-bond donors (Lipinski definition) is 1. The largest absolute Gasteiger partial charge is 0.444 e. The summed E-state index contributed by atoms with van der Waals surface area (Å²) in [5.41, 5.74) is 2.29. The number of aryl methyl sites for hydroxylation is 2. The van der Waals surface area contributed by atoms with Crippen LogP contribution in [0.3, 0.4) is 0 Å². The van der Waals surface area contributed by atoms with Crippen molar-refractivity contribution in [3.05, 3.63) is 34.9 Å². The van der Waals surface area contributed by atoms with Gasteiger partial charge in [-0.05, 0) is 37.9 Å². The highest BCUT2D eigenvalue weighted by Crippen LogP contribution is 2.22. The molecule has 4 nitrogen and oxygen atoms in total. The second-order valence-electron chi connectivity index (χ2n) is 3.56. The lowest BCUT2D eigenvalue weighted by Crippen LogP contribution is -2.15. The SMILES string of the molecule is C=C(C=CC)COC(=O)Nc1c(C)nsc1C. The Kier molecular flexibility index (Phi) is 4.90. The highest BCUT2D eigenvalue weighted by Gasteiger charge is 2.11. The molecule has 0 radical (unpaired) electrons. The van der Waals surface area contributed by atoms with Crippen LogP contribution in [-0.4, -0.2) is 17.1 Å². The van der Waals surface area contributed by atoms with E-state index in [-0.39, 0.29) is 6.61 Å². The molecule has 92 valence electrons. The van der Waals surface area contributed by atoms with Crippen LogP contribution in [0.1, 0.15) is 17.5 Å². The fraction of sp³-hybridized carbons (Fsp3) is 0.333. The Morgan fingerprint density at radius 2 is 2.29 bits per heavy atom. The molecule has 0 spiro atoms. The van der Waals surface area contributed by atoms with Gasteiger partial charge >= 0.3 is 6.09 Å². The molecule has 1 heterocycles. The Morgan fingerprint density at radius 3 is 2.82 bits per heavy atom. The molecular weight excluding hydrogens is 236 g/mol. The first-order valence-corrected chi connectivity index (χ1v) is 5.99. The number of carbonyl (C=O) groups excluding carboxylic acids is 1. The first-order valence-electron chi connectivity index (χ1n) is 5.21. The second-order valence-corrected chi connectivity index (χ2v) is 4.54. The van der Waals surface area contributed by atoms with E-state index in [1.165, 1.54) is 11.5 Å². The molecule has 1 aromatic rings. The molecule has 1 N–H and O–H groups in total. The van der Waals surface area contributed by atoms with Crippen LogP contribution in [0.15, 0.2) is 24.3 Å². The number of nitrogens with zero attached hydrogens (tertiary/aromatic N) is 1. The number of hydrogen-bond acceptors (Lipinski definition) is 4. The van der Waals surface area contributed by atoms with Gasteiger partial charge in [0.05, 0.1) is 11.4 Å². The maximum atomic E-state index is 11.5. The van der Waals surface area contributed by atoms with Crippen LogP contribution in [0.2, 0.25) is 0 Å². The van der Waals surface area contributed by atoms with E-state index in [9.17, 15) is 4.79 Å². The van der Waals surface area contributed by atoms with E-state index in [1.807, 2.05) is 26.8 Å². The molecule has 1 amide bonds.